The van der Waals surface area contributed by atoms with Crippen LogP contribution in [0.15, 0.2) is 118 Å². The Balaban J connectivity index is 1.40. The summed E-state index contributed by atoms with van der Waals surface area (Å²) >= 11 is 12.1. The summed E-state index contributed by atoms with van der Waals surface area (Å²) in [4.78, 5) is 13.5. The van der Waals surface area contributed by atoms with Crippen LogP contribution in [0.4, 0.5) is 11.4 Å². The number of piperazine rings is 1. The molecule has 0 bridgehead atoms. The lowest BCUT2D eigenvalue weighted by molar-refractivity contribution is -0.120. The second-order valence-corrected chi connectivity index (χ2v) is 16.1. The van der Waals surface area contributed by atoms with Gasteiger partial charge in [0.1, 0.15) is 6.04 Å². The molecule has 0 radical (unpaired) electrons. The minimum atomic E-state index is -4.20. The molecule has 1 aliphatic heterocycles. The Bertz CT molecular complexity index is 2030. The van der Waals surface area contributed by atoms with Crippen LogP contribution in [0, 0.1) is 0 Å². The molecule has 0 spiro atoms. The predicted octanol–water partition coefficient (Wildman–Crippen LogP) is 4.50. The van der Waals surface area contributed by atoms with Gasteiger partial charge in [0.05, 0.1) is 30.4 Å². The number of benzene rings is 4. The first-order valence-electron chi connectivity index (χ1n) is 13.3. The summed E-state index contributed by atoms with van der Waals surface area (Å²) in [6.07, 6.45) is 0. The number of amides is 1. The van der Waals surface area contributed by atoms with Crippen molar-refractivity contribution in [2.45, 2.75) is 20.7 Å². The number of anilines is 2. The van der Waals surface area contributed by atoms with Crippen LogP contribution in [-0.2, 0) is 34.9 Å². The third kappa shape index (κ3) is 7.02. The highest BCUT2D eigenvalue weighted by Crippen LogP contribution is 2.31. The molecule has 11 nitrogen and oxygen atoms in total. The Morgan fingerprint density at radius 3 is 1.84 bits per heavy atom. The van der Waals surface area contributed by atoms with Crippen LogP contribution in [0.5, 0.6) is 0 Å². The summed E-state index contributed by atoms with van der Waals surface area (Å²) < 4.78 is 84.3. The second-order valence-electron chi connectivity index (χ2n) is 9.84. The van der Waals surface area contributed by atoms with Gasteiger partial charge in [-0.1, -0.05) is 65.7 Å². The van der Waals surface area contributed by atoms with Gasteiger partial charge >= 0.3 is 0 Å². The molecule has 45 heavy (non-hydrogen) atoms. The van der Waals surface area contributed by atoms with Crippen LogP contribution in [0.1, 0.15) is 0 Å². The fourth-order valence-electron chi connectivity index (χ4n) is 4.66. The van der Waals surface area contributed by atoms with Crippen molar-refractivity contribution < 1.29 is 30.0 Å². The number of nitrogens with zero attached hydrogens (tertiary/aromatic N) is 2. The maximum absolute atomic E-state index is 13.7. The number of rotatable bonds is 9. The molecule has 1 aliphatic rings. The fourth-order valence-corrected chi connectivity index (χ4v) is 9.19. The second kappa shape index (κ2) is 13.1. The standard InChI is InChI=1S/C29H26Cl2N4O7S3/c30-25-12-7-13-26(28(25)31)33-43(37,38)22-16-14-21(15-17-22)32-29(36)27-20-34(44(39,40)23-8-3-1-4-9-23)18-19-35(27)45(41,42)24-10-5-2-6-11-24/h1-17,27,33H,18-20H2,(H,32,36). The summed E-state index contributed by atoms with van der Waals surface area (Å²) in [6.45, 7) is -0.911. The van der Waals surface area contributed by atoms with Crippen LogP contribution in [0.25, 0.3) is 0 Å². The Hall–Kier alpha value is -3.50. The maximum atomic E-state index is 13.7. The van der Waals surface area contributed by atoms with Crippen LogP contribution >= 0.6 is 23.2 Å². The highest BCUT2D eigenvalue weighted by molar-refractivity contribution is 7.92. The third-order valence-electron chi connectivity index (χ3n) is 6.96. The summed E-state index contributed by atoms with van der Waals surface area (Å²) in [7, 11) is -12.3. The van der Waals surface area contributed by atoms with E-state index in [1.54, 1.807) is 36.4 Å². The van der Waals surface area contributed by atoms with E-state index in [-0.39, 0.29) is 49.2 Å². The van der Waals surface area contributed by atoms with Gasteiger partial charge in [-0.25, -0.2) is 25.3 Å². The smallest absolute Gasteiger partial charge is 0.261 e. The van der Waals surface area contributed by atoms with Gasteiger partial charge in [0.25, 0.3) is 10.0 Å². The molecule has 1 atom stereocenters. The van der Waals surface area contributed by atoms with Crippen molar-refractivity contribution in [2.24, 2.45) is 0 Å². The van der Waals surface area contributed by atoms with Crippen LogP contribution in [-0.4, -0.2) is 65.4 Å². The molecule has 0 saturated carbocycles. The average Bonchev–Trinajstić information content (AvgIpc) is 3.04. The number of halogens is 2. The van der Waals surface area contributed by atoms with E-state index in [1.165, 1.54) is 66.7 Å². The van der Waals surface area contributed by atoms with Gasteiger partial charge in [0.2, 0.25) is 26.0 Å². The molecule has 5 rings (SSSR count). The van der Waals surface area contributed by atoms with Crippen molar-refractivity contribution in [2.75, 3.05) is 29.7 Å². The number of sulfonamides is 3. The van der Waals surface area contributed by atoms with E-state index in [1.807, 2.05) is 0 Å². The van der Waals surface area contributed by atoms with E-state index in [0.717, 1.165) is 8.61 Å². The largest absolute Gasteiger partial charge is 0.325 e. The molecule has 4 aromatic carbocycles. The summed E-state index contributed by atoms with van der Waals surface area (Å²) in [6, 6.07) is 23.3. The lowest BCUT2D eigenvalue weighted by atomic mass is 10.2. The van der Waals surface area contributed by atoms with Crippen molar-refractivity contribution >= 4 is 70.6 Å². The van der Waals surface area contributed by atoms with Gasteiger partial charge in [-0.3, -0.25) is 9.52 Å². The van der Waals surface area contributed by atoms with E-state index in [4.69, 9.17) is 23.2 Å². The summed E-state index contributed by atoms with van der Waals surface area (Å²) in [5.74, 6) is -0.804. The van der Waals surface area contributed by atoms with Crippen molar-refractivity contribution in [3.8, 4) is 0 Å². The number of carbonyl (C=O) groups is 1. The van der Waals surface area contributed by atoms with Gasteiger partial charge in [-0.2, -0.15) is 8.61 Å². The zero-order chi connectivity index (χ0) is 32.4. The zero-order valence-electron chi connectivity index (χ0n) is 23.2. The molecule has 1 saturated heterocycles. The highest BCUT2D eigenvalue weighted by Gasteiger charge is 2.43. The van der Waals surface area contributed by atoms with Gasteiger partial charge in [0.15, 0.2) is 0 Å². The molecule has 1 amide bonds. The van der Waals surface area contributed by atoms with E-state index < -0.39 is 48.6 Å². The Morgan fingerprint density at radius 2 is 1.24 bits per heavy atom. The van der Waals surface area contributed by atoms with Gasteiger partial charge < -0.3 is 5.32 Å². The molecular weight excluding hydrogens is 683 g/mol. The molecule has 2 N–H and O–H groups in total. The van der Waals surface area contributed by atoms with Crippen molar-refractivity contribution in [1.82, 2.24) is 8.61 Å². The minimum absolute atomic E-state index is 0.00740. The number of carbonyl (C=O) groups excluding carboxylic acids is 1. The van der Waals surface area contributed by atoms with Crippen molar-refractivity contribution in [1.29, 1.82) is 0 Å². The first-order valence-corrected chi connectivity index (χ1v) is 18.4. The Morgan fingerprint density at radius 1 is 0.667 bits per heavy atom. The molecule has 16 heteroatoms. The molecule has 4 aromatic rings. The normalized spacial score (nSPS) is 16.6. The molecule has 0 aliphatic carbocycles. The first kappa shape index (κ1) is 32.9. The van der Waals surface area contributed by atoms with E-state index in [2.05, 4.69) is 10.0 Å². The highest BCUT2D eigenvalue weighted by atomic mass is 35.5. The molecule has 1 fully saturated rings. The zero-order valence-corrected chi connectivity index (χ0v) is 27.2. The van der Waals surface area contributed by atoms with Gasteiger partial charge in [-0.05, 0) is 60.7 Å². The average molecular weight is 710 g/mol. The lowest BCUT2D eigenvalue weighted by Crippen LogP contribution is -2.60. The van der Waals surface area contributed by atoms with E-state index >= 15 is 0 Å². The monoisotopic (exact) mass is 708 g/mol. The topological polar surface area (TPSA) is 150 Å². The SMILES string of the molecule is O=C(Nc1ccc(S(=O)(=O)Nc2cccc(Cl)c2Cl)cc1)C1CN(S(=O)(=O)c2ccccc2)CCN1S(=O)(=O)c1ccccc1. The van der Waals surface area contributed by atoms with Crippen LogP contribution < -0.4 is 10.0 Å². The quantitative estimate of drug-likeness (QED) is 0.260. The third-order valence-corrected chi connectivity index (χ3v) is 13.0. The number of hydrogen-bond acceptors (Lipinski definition) is 7. The molecule has 236 valence electrons. The van der Waals surface area contributed by atoms with Crippen molar-refractivity contribution in [3.63, 3.8) is 0 Å². The minimum Gasteiger partial charge on any atom is -0.325 e. The lowest BCUT2D eigenvalue weighted by Gasteiger charge is -2.38. The molecular formula is C29H26Cl2N4O7S3. The van der Waals surface area contributed by atoms with Gasteiger partial charge in [0, 0.05) is 25.3 Å². The van der Waals surface area contributed by atoms with Crippen LogP contribution in [0.3, 0.4) is 0 Å². The predicted molar refractivity (Wildman–Crippen MR) is 172 cm³/mol. The van der Waals surface area contributed by atoms with Crippen LogP contribution in [0.2, 0.25) is 10.0 Å². The molecule has 1 unspecified atom stereocenters. The molecule has 0 aromatic heterocycles. The first-order chi connectivity index (χ1) is 21.3. The fraction of sp³-hybridized carbons (Fsp3) is 0.138. The Kier molecular flexibility index (Phi) is 9.56. The number of nitrogens with one attached hydrogen (secondary N) is 2. The summed E-state index contributed by atoms with van der Waals surface area (Å²) in [5.41, 5.74) is 0.230. The van der Waals surface area contributed by atoms with Gasteiger partial charge in [-0.15, -0.1) is 0 Å². The number of hydrogen-bond donors (Lipinski definition) is 2. The van der Waals surface area contributed by atoms with E-state index in [9.17, 15) is 30.0 Å². The van der Waals surface area contributed by atoms with E-state index in [0.29, 0.717) is 0 Å². The molecule has 1 heterocycles. The summed E-state index contributed by atoms with van der Waals surface area (Å²) in [5, 5.41) is 2.79. The Labute approximate surface area is 271 Å². The maximum Gasteiger partial charge on any atom is 0.261 e. The van der Waals surface area contributed by atoms with Crippen molar-refractivity contribution in [3.05, 3.63) is 113 Å².